The van der Waals surface area contributed by atoms with Crippen molar-refractivity contribution in [2.45, 2.75) is 32.4 Å². The molecule has 1 saturated heterocycles. The monoisotopic (exact) mass is 429 g/mol. The fraction of sp³-hybridized carbons (Fsp3) is 0.375. The molecule has 2 aromatic carbocycles. The molecule has 160 valence electrons. The predicted molar refractivity (Wildman–Crippen MR) is 120 cm³/mol. The van der Waals surface area contributed by atoms with E-state index >= 15 is 0 Å². The van der Waals surface area contributed by atoms with Gasteiger partial charge >= 0.3 is 0 Å². The first kappa shape index (κ1) is 22.2. The van der Waals surface area contributed by atoms with E-state index in [9.17, 15) is 4.79 Å². The molecule has 3 rings (SSSR count). The minimum absolute atomic E-state index is 0.164. The molecular formula is C24H30ClN2O3+. The number of carbonyl (C=O) groups is 1. The van der Waals surface area contributed by atoms with Gasteiger partial charge in [0.05, 0.1) is 32.3 Å². The van der Waals surface area contributed by atoms with Crippen LogP contribution in [0.1, 0.15) is 36.0 Å². The molecule has 1 aliphatic heterocycles. The van der Waals surface area contributed by atoms with Gasteiger partial charge in [-0.25, -0.2) is 0 Å². The van der Waals surface area contributed by atoms with Crippen LogP contribution in [0, 0.1) is 0 Å². The number of nitrogens with one attached hydrogen (secondary N) is 2. The average Bonchev–Trinajstić information content (AvgIpc) is 2.77. The number of quaternary nitrogens is 1. The van der Waals surface area contributed by atoms with Crippen molar-refractivity contribution in [1.82, 2.24) is 5.32 Å². The van der Waals surface area contributed by atoms with Crippen LogP contribution in [-0.2, 0) is 17.9 Å². The molecule has 1 amide bonds. The van der Waals surface area contributed by atoms with E-state index in [1.165, 1.54) is 51.1 Å². The third-order valence-electron chi connectivity index (χ3n) is 5.39. The summed E-state index contributed by atoms with van der Waals surface area (Å²) < 4.78 is 10.5. The van der Waals surface area contributed by atoms with Crippen LogP contribution in [0.4, 0.5) is 0 Å². The van der Waals surface area contributed by atoms with Crippen LogP contribution in [0.3, 0.4) is 0 Å². The summed E-state index contributed by atoms with van der Waals surface area (Å²) in [6, 6.07) is 12.0. The summed E-state index contributed by atoms with van der Waals surface area (Å²) in [5.41, 5.74) is 3.20. The first-order valence-electron chi connectivity index (χ1n) is 10.4. The van der Waals surface area contributed by atoms with Gasteiger partial charge in [-0.3, -0.25) is 4.79 Å². The molecule has 0 unspecified atom stereocenters. The Labute approximate surface area is 183 Å². The predicted octanol–water partition coefficient (Wildman–Crippen LogP) is 3.26. The maximum atomic E-state index is 12.2. The number of benzene rings is 2. The Morgan fingerprint density at radius 3 is 2.43 bits per heavy atom. The Hall–Kier alpha value is -2.50. The molecule has 0 radical (unpaired) electrons. The van der Waals surface area contributed by atoms with Crippen LogP contribution in [0.2, 0.25) is 5.02 Å². The van der Waals surface area contributed by atoms with Crippen molar-refractivity contribution in [2.75, 3.05) is 27.3 Å². The topological polar surface area (TPSA) is 52.0 Å². The Morgan fingerprint density at radius 1 is 1.07 bits per heavy atom. The molecule has 0 atom stereocenters. The largest absolute Gasteiger partial charge is 0.493 e. The molecule has 0 aromatic heterocycles. The van der Waals surface area contributed by atoms with E-state index in [1.807, 2.05) is 0 Å². The summed E-state index contributed by atoms with van der Waals surface area (Å²) in [7, 11) is 3.08. The third-order valence-corrected chi connectivity index (χ3v) is 5.67. The standard InChI is InChI=1S/C24H29ClN2O3/c1-29-22-15-20(14-21(25)24(22)30-2)10-11-23(28)26-16-18-6-8-19(9-7-18)17-27-12-4-3-5-13-27/h6-11,14-15H,3-5,12-13,16-17H2,1-2H3,(H,26,28)/p+1/b11-10+. The molecule has 1 fully saturated rings. The molecule has 1 heterocycles. The van der Waals surface area contributed by atoms with E-state index in [2.05, 4.69) is 29.6 Å². The van der Waals surface area contributed by atoms with Crippen molar-refractivity contribution in [2.24, 2.45) is 0 Å². The minimum atomic E-state index is -0.164. The van der Waals surface area contributed by atoms with E-state index in [4.69, 9.17) is 21.1 Å². The van der Waals surface area contributed by atoms with Gasteiger partial charge in [0.2, 0.25) is 5.91 Å². The second kappa shape index (κ2) is 11.0. The lowest BCUT2D eigenvalue weighted by atomic mass is 10.1. The van der Waals surface area contributed by atoms with E-state index in [-0.39, 0.29) is 5.91 Å². The Morgan fingerprint density at radius 2 is 1.77 bits per heavy atom. The molecule has 0 aliphatic carbocycles. The number of methoxy groups -OCH3 is 2. The quantitative estimate of drug-likeness (QED) is 0.633. The number of hydrogen-bond acceptors (Lipinski definition) is 3. The molecule has 0 spiro atoms. The lowest BCUT2D eigenvalue weighted by Gasteiger charge is -2.23. The zero-order valence-corrected chi connectivity index (χ0v) is 18.4. The number of amides is 1. The van der Waals surface area contributed by atoms with Gasteiger partial charge in [0.15, 0.2) is 11.5 Å². The van der Waals surface area contributed by atoms with Gasteiger partial charge in [-0.15, -0.1) is 0 Å². The normalized spacial score (nSPS) is 14.6. The second-order valence-electron chi connectivity index (χ2n) is 7.59. The Balaban J connectivity index is 1.51. The van der Waals surface area contributed by atoms with Gasteiger partial charge in [-0.1, -0.05) is 35.9 Å². The smallest absolute Gasteiger partial charge is 0.244 e. The summed E-state index contributed by atoms with van der Waals surface area (Å²) in [5.74, 6) is 0.838. The fourth-order valence-electron chi connectivity index (χ4n) is 3.75. The summed E-state index contributed by atoms with van der Waals surface area (Å²) in [4.78, 5) is 13.9. The summed E-state index contributed by atoms with van der Waals surface area (Å²) in [5, 5.41) is 3.35. The van der Waals surface area contributed by atoms with Crippen molar-refractivity contribution >= 4 is 23.6 Å². The molecule has 6 heteroatoms. The molecule has 2 N–H and O–H groups in total. The second-order valence-corrected chi connectivity index (χ2v) is 8.00. The van der Waals surface area contributed by atoms with E-state index in [1.54, 1.807) is 30.2 Å². The molecule has 0 saturated carbocycles. The van der Waals surface area contributed by atoms with Gasteiger partial charge in [0.1, 0.15) is 6.54 Å². The molecule has 2 aromatic rings. The minimum Gasteiger partial charge on any atom is -0.493 e. The molecule has 5 nitrogen and oxygen atoms in total. The summed E-state index contributed by atoms with van der Waals surface area (Å²) in [6.45, 7) is 4.13. The van der Waals surface area contributed by atoms with Crippen molar-refractivity contribution in [1.29, 1.82) is 0 Å². The number of carbonyl (C=O) groups excluding carboxylic acids is 1. The molecule has 30 heavy (non-hydrogen) atoms. The number of ether oxygens (including phenoxy) is 2. The number of hydrogen-bond donors (Lipinski definition) is 2. The Bertz CT molecular complexity index is 875. The molecule has 1 aliphatic rings. The number of piperidine rings is 1. The lowest BCUT2D eigenvalue weighted by molar-refractivity contribution is -0.918. The first-order chi connectivity index (χ1) is 14.6. The van der Waals surface area contributed by atoms with Crippen LogP contribution in [-0.4, -0.2) is 33.2 Å². The summed E-state index contributed by atoms with van der Waals surface area (Å²) >= 11 is 6.20. The van der Waals surface area contributed by atoms with Gasteiger partial charge in [-0.05, 0) is 48.6 Å². The van der Waals surface area contributed by atoms with Crippen LogP contribution >= 0.6 is 11.6 Å². The number of halogens is 1. The van der Waals surface area contributed by atoms with Crippen molar-refractivity contribution < 1.29 is 19.2 Å². The van der Waals surface area contributed by atoms with Crippen LogP contribution in [0.5, 0.6) is 11.5 Å². The maximum Gasteiger partial charge on any atom is 0.244 e. The van der Waals surface area contributed by atoms with E-state index < -0.39 is 0 Å². The van der Waals surface area contributed by atoms with E-state index in [0.29, 0.717) is 23.1 Å². The van der Waals surface area contributed by atoms with Crippen LogP contribution in [0.15, 0.2) is 42.5 Å². The van der Waals surface area contributed by atoms with Crippen LogP contribution < -0.4 is 19.7 Å². The van der Waals surface area contributed by atoms with Gasteiger partial charge in [0, 0.05) is 18.2 Å². The summed E-state index contributed by atoms with van der Waals surface area (Å²) in [6.07, 6.45) is 7.24. The maximum absolute atomic E-state index is 12.2. The highest BCUT2D eigenvalue weighted by atomic mass is 35.5. The lowest BCUT2D eigenvalue weighted by Crippen LogP contribution is -3.11. The SMILES string of the molecule is COc1cc(/C=C/C(=O)NCc2ccc(C[NH+]3CCCCC3)cc2)cc(Cl)c1OC. The van der Waals surface area contributed by atoms with Crippen molar-refractivity contribution in [3.63, 3.8) is 0 Å². The van der Waals surface area contributed by atoms with Crippen molar-refractivity contribution in [3.05, 3.63) is 64.2 Å². The number of likely N-dealkylation sites (tertiary alicyclic amines) is 1. The van der Waals surface area contributed by atoms with Gasteiger partial charge in [0.25, 0.3) is 0 Å². The van der Waals surface area contributed by atoms with Gasteiger partial charge < -0.3 is 19.7 Å². The average molecular weight is 430 g/mol. The molecular weight excluding hydrogens is 400 g/mol. The zero-order chi connectivity index (χ0) is 21.3. The zero-order valence-electron chi connectivity index (χ0n) is 17.7. The van der Waals surface area contributed by atoms with Crippen LogP contribution in [0.25, 0.3) is 6.08 Å². The van der Waals surface area contributed by atoms with E-state index in [0.717, 1.165) is 17.7 Å². The molecule has 0 bridgehead atoms. The van der Waals surface area contributed by atoms with Crippen molar-refractivity contribution in [3.8, 4) is 11.5 Å². The first-order valence-corrected chi connectivity index (χ1v) is 10.8. The highest BCUT2D eigenvalue weighted by Crippen LogP contribution is 2.36. The number of rotatable bonds is 8. The Kier molecular flexibility index (Phi) is 8.17. The highest BCUT2D eigenvalue weighted by molar-refractivity contribution is 6.32. The third kappa shape index (κ3) is 6.25. The fourth-order valence-corrected chi connectivity index (χ4v) is 4.04. The van der Waals surface area contributed by atoms with Gasteiger partial charge in [-0.2, -0.15) is 0 Å². The highest BCUT2D eigenvalue weighted by Gasteiger charge is 2.13.